The van der Waals surface area contributed by atoms with Crippen molar-refractivity contribution in [2.45, 2.75) is 50.0 Å². The fourth-order valence-corrected chi connectivity index (χ4v) is 5.14. The number of carbonyl (C=O) groups is 2. The zero-order chi connectivity index (χ0) is 25.7. The Morgan fingerprint density at radius 2 is 1.81 bits per heavy atom. The zero-order valence-electron chi connectivity index (χ0n) is 20.0. The van der Waals surface area contributed by atoms with Gasteiger partial charge < -0.3 is 10.2 Å². The van der Waals surface area contributed by atoms with Crippen LogP contribution in [0, 0.1) is 28.8 Å². The van der Waals surface area contributed by atoms with Gasteiger partial charge in [-0.25, -0.2) is 18.0 Å². The topological polar surface area (TPSA) is 76.4 Å². The number of likely N-dealkylation sites (tertiary alicyclic amines) is 2. The molecule has 2 aliphatic rings. The monoisotopic (exact) mass is 498 g/mol. The van der Waals surface area contributed by atoms with E-state index in [2.05, 4.69) is 16.3 Å². The van der Waals surface area contributed by atoms with Crippen molar-refractivity contribution in [1.82, 2.24) is 15.1 Å². The Kier molecular flexibility index (Phi) is 7.94. The van der Waals surface area contributed by atoms with Gasteiger partial charge >= 0.3 is 6.03 Å². The van der Waals surface area contributed by atoms with Crippen molar-refractivity contribution in [2.75, 3.05) is 26.2 Å². The Labute approximate surface area is 208 Å². The van der Waals surface area contributed by atoms with Crippen molar-refractivity contribution in [3.05, 3.63) is 71.0 Å². The van der Waals surface area contributed by atoms with E-state index in [-0.39, 0.29) is 18.1 Å². The molecule has 0 spiro atoms. The van der Waals surface area contributed by atoms with Gasteiger partial charge in [0.25, 0.3) is 0 Å². The highest BCUT2D eigenvalue weighted by molar-refractivity contribution is 5.95. The fourth-order valence-electron chi connectivity index (χ4n) is 5.14. The third-order valence-corrected chi connectivity index (χ3v) is 7.24. The molecular formula is C27H29F3N4O2. The molecule has 9 heteroatoms. The van der Waals surface area contributed by atoms with E-state index in [1.807, 2.05) is 0 Å². The number of carbonyl (C=O) groups excluding carboxylic acids is 2. The van der Waals surface area contributed by atoms with Gasteiger partial charge in [-0.3, -0.25) is 9.69 Å². The van der Waals surface area contributed by atoms with Crippen LogP contribution in [-0.2, 0) is 10.2 Å². The second-order valence-corrected chi connectivity index (χ2v) is 9.47. The SMILES string of the molecule is N#CC1(c2ccc(F)cc2)CCN(CCCNC(=O)N2C(=O)CCC[C@H]2c2ccc(F)c(F)c2)CC1. The molecule has 0 aromatic heterocycles. The minimum atomic E-state index is -1.01. The average molecular weight is 499 g/mol. The molecule has 0 radical (unpaired) electrons. The van der Waals surface area contributed by atoms with E-state index in [0.717, 1.165) is 22.6 Å². The van der Waals surface area contributed by atoms with Crippen LogP contribution in [-0.4, -0.2) is 47.9 Å². The minimum Gasteiger partial charge on any atom is -0.338 e. The molecule has 1 N–H and O–H groups in total. The summed E-state index contributed by atoms with van der Waals surface area (Å²) in [5.41, 5.74) is 0.606. The quantitative estimate of drug-likeness (QED) is 0.580. The lowest BCUT2D eigenvalue weighted by atomic mass is 9.74. The number of imide groups is 1. The lowest BCUT2D eigenvalue weighted by molar-refractivity contribution is -0.132. The van der Waals surface area contributed by atoms with Gasteiger partial charge in [0.1, 0.15) is 5.82 Å². The average Bonchev–Trinajstić information content (AvgIpc) is 2.89. The Bertz CT molecular complexity index is 1140. The molecule has 3 amide bonds. The molecule has 2 saturated heterocycles. The largest absolute Gasteiger partial charge is 0.338 e. The van der Waals surface area contributed by atoms with Crippen molar-refractivity contribution < 1.29 is 22.8 Å². The van der Waals surface area contributed by atoms with Crippen LogP contribution in [0.3, 0.4) is 0 Å². The van der Waals surface area contributed by atoms with Crippen molar-refractivity contribution >= 4 is 11.9 Å². The highest BCUT2D eigenvalue weighted by Gasteiger charge is 2.37. The van der Waals surface area contributed by atoms with Crippen molar-refractivity contribution in [2.24, 2.45) is 0 Å². The van der Waals surface area contributed by atoms with Crippen LogP contribution in [0.5, 0.6) is 0 Å². The summed E-state index contributed by atoms with van der Waals surface area (Å²) in [6.45, 7) is 2.49. The molecule has 1 atom stereocenters. The number of amides is 3. The maximum absolute atomic E-state index is 13.8. The summed E-state index contributed by atoms with van der Waals surface area (Å²) in [4.78, 5) is 28.7. The smallest absolute Gasteiger partial charge is 0.324 e. The summed E-state index contributed by atoms with van der Waals surface area (Å²) in [5, 5.41) is 12.6. The Morgan fingerprint density at radius 1 is 1.08 bits per heavy atom. The van der Waals surface area contributed by atoms with E-state index in [1.165, 1.54) is 18.2 Å². The maximum Gasteiger partial charge on any atom is 0.324 e. The van der Waals surface area contributed by atoms with Gasteiger partial charge in [0, 0.05) is 13.0 Å². The van der Waals surface area contributed by atoms with E-state index >= 15 is 0 Å². The number of piperidine rings is 2. The molecule has 4 rings (SSSR count). The Hall–Kier alpha value is -3.38. The summed E-state index contributed by atoms with van der Waals surface area (Å²) in [5.74, 6) is -2.64. The first-order valence-electron chi connectivity index (χ1n) is 12.3. The van der Waals surface area contributed by atoms with Crippen LogP contribution < -0.4 is 5.32 Å². The van der Waals surface area contributed by atoms with Gasteiger partial charge in [-0.05, 0) is 87.1 Å². The molecule has 36 heavy (non-hydrogen) atoms. The number of nitriles is 1. The van der Waals surface area contributed by atoms with E-state index < -0.39 is 29.1 Å². The van der Waals surface area contributed by atoms with Crippen LogP contribution in [0.2, 0.25) is 0 Å². The lowest BCUT2D eigenvalue weighted by Crippen LogP contribution is -2.48. The normalized spacial score (nSPS) is 20.1. The Morgan fingerprint density at radius 3 is 2.47 bits per heavy atom. The summed E-state index contributed by atoms with van der Waals surface area (Å²) < 4.78 is 40.4. The summed E-state index contributed by atoms with van der Waals surface area (Å²) in [7, 11) is 0. The molecule has 0 aliphatic carbocycles. The fraction of sp³-hybridized carbons (Fsp3) is 0.444. The molecule has 2 heterocycles. The molecule has 0 bridgehead atoms. The highest BCUT2D eigenvalue weighted by atomic mass is 19.2. The van der Waals surface area contributed by atoms with Crippen molar-refractivity contribution in [3.63, 3.8) is 0 Å². The number of nitrogens with zero attached hydrogens (tertiary/aromatic N) is 3. The predicted molar refractivity (Wildman–Crippen MR) is 127 cm³/mol. The third-order valence-electron chi connectivity index (χ3n) is 7.24. The van der Waals surface area contributed by atoms with E-state index in [9.17, 15) is 28.0 Å². The predicted octanol–water partition coefficient (Wildman–Crippen LogP) is 4.81. The first-order valence-corrected chi connectivity index (χ1v) is 12.3. The van der Waals surface area contributed by atoms with E-state index in [1.54, 1.807) is 12.1 Å². The zero-order valence-corrected chi connectivity index (χ0v) is 20.0. The van der Waals surface area contributed by atoms with Crippen LogP contribution in [0.4, 0.5) is 18.0 Å². The number of nitrogens with one attached hydrogen (secondary N) is 1. The second kappa shape index (κ2) is 11.1. The van der Waals surface area contributed by atoms with Gasteiger partial charge in [0.05, 0.1) is 17.5 Å². The van der Waals surface area contributed by atoms with Crippen LogP contribution >= 0.6 is 0 Å². The van der Waals surface area contributed by atoms with Crippen LogP contribution in [0.1, 0.15) is 55.7 Å². The minimum absolute atomic E-state index is 0.232. The second-order valence-electron chi connectivity index (χ2n) is 9.47. The van der Waals surface area contributed by atoms with Gasteiger partial charge in [-0.15, -0.1) is 0 Å². The molecule has 0 unspecified atom stereocenters. The molecule has 0 saturated carbocycles. The highest BCUT2D eigenvalue weighted by Crippen LogP contribution is 2.35. The summed E-state index contributed by atoms with van der Waals surface area (Å²) in [6, 6.07) is 10.9. The number of urea groups is 1. The molecule has 6 nitrogen and oxygen atoms in total. The number of hydrogen-bond acceptors (Lipinski definition) is 4. The first-order chi connectivity index (χ1) is 17.3. The van der Waals surface area contributed by atoms with E-state index in [4.69, 9.17) is 0 Å². The number of rotatable bonds is 6. The van der Waals surface area contributed by atoms with Gasteiger partial charge in [0.15, 0.2) is 11.6 Å². The Balaban J connectivity index is 1.27. The standard InChI is InChI=1S/C27H29F3N4O2/c28-21-8-6-20(7-9-21)27(18-31)11-15-33(16-12-27)14-2-13-32-26(36)34-24(3-1-4-25(34)35)19-5-10-22(29)23(30)17-19/h5-10,17,24H,1-4,11-16H2,(H,32,36)/t24-/m0/s1. The molecule has 2 aromatic carbocycles. The summed E-state index contributed by atoms with van der Waals surface area (Å²) >= 11 is 0. The van der Waals surface area contributed by atoms with Gasteiger partial charge in [-0.2, -0.15) is 5.26 Å². The van der Waals surface area contributed by atoms with Crippen molar-refractivity contribution in [1.29, 1.82) is 5.26 Å². The maximum atomic E-state index is 13.8. The van der Waals surface area contributed by atoms with E-state index in [0.29, 0.717) is 63.8 Å². The third kappa shape index (κ3) is 5.54. The molecule has 2 fully saturated rings. The number of benzene rings is 2. The van der Waals surface area contributed by atoms with Crippen molar-refractivity contribution in [3.8, 4) is 6.07 Å². The molecular weight excluding hydrogens is 469 g/mol. The van der Waals surface area contributed by atoms with Gasteiger partial charge in [-0.1, -0.05) is 18.2 Å². The molecule has 190 valence electrons. The van der Waals surface area contributed by atoms with Crippen LogP contribution in [0.15, 0.2) is 42.5 Å². The molecule has 2 aromatic rings. The number of halogens is 3. The first kappa shape index (κ1) is 25.7. The number of hydrogen-bond donors (Lipinski definition) is 1. The van der Waals surface area contributed by atoms with Crippen LogP contribution in [0.25, 0.3) is 0 Å². The lowest BCUT2D eigenvalue weighted by Gasteiger charge is -2.37. The summed E-state index contributed by atoms with van der Waals surface area (Å²) in [6.07, 6.45) is 3.23. The molecule has 2 aliphatic heterocycles. The van der Waals surface area contributed by atoms with Gasteiger partial charge in [0.2, 0.25) is 5.91 Å².